The van der Waals surface area contributed by atoms with Gasteiger partial charge in [-0.15, -0.1) is 0 Å². The van der Waals surface area contributed by atoms with Crippen molar-refractivity contribution in [2.75, 3.05) is 19.6 Å². The van der Waals surface area contributed by atoms with Gasteiger partial charge in [0.05, 0.1) is 11.8 Å². The highest BCUT2D eigenvalue weighted by atomic mass is 16.5. The van der Waals surface area contributed by atoms with E-state index in [1.54, 1.807) is 0 Å². The van der Waals surface area contributed by atoms with Crippen LogP contribution in [-0.2, 0) is 13.0 Å². The van der Waals surface area contributed by atoms with Crippen molar-refractivity contribution in [2.24, 2.45) is 0 Å². The summed E-state index contributed by atoms with van der Waals surface area (Å²) in [6, 6.07) is 16.4. The van der Waals surface area contributed by atoms with Crippen LogP contribution < -0.4 is 0 Å². The monoisotopic (exact) mass is 338 g/mol. The summed E-state index contributed by atoms with van der Waals surface area (Å²) in [4.78, 5) is 2.23. The van der Waals surface area contributed by atoms with Crippen LogP contribution in [0.1, 0.15) is 22.9 Å². The number of fused-ring (bicyclic) bond motifs is 1. The van der Waals surface area contributed by atoms with E-state index >= 15 is 0 Å². The van der Waals surface area contributed by atoms with Crippen LogP contribution in [0.3, 0.4) is 0 Å². The molecule has 4 rings (SSSR count). The normalized spacial score (nSPS) is 16.9. The molecule has 0 radical (unpaired) electrons. The fourth-order valence-corrected chi connectivity index (χ4v) is 3.50. The Morgan fingerprint density at radius 2 is 1.92 bits per heavy atom. The number of rotatable bonds is 6. The van der Waals surface area contributed by atoms with Crippen molar-refractivity contribution in [3.05, 3.63) is 65.5 Å². The van der Waals surface area contributed by atoms with Crippen molar-refractivity contribution >= 4 is 10.8 Å². The Kier molecular flexibility index (Phi) is 4.53. The Morgan fingerprint density at radius 1 is 1.12 bits per heavy atom. The highest BCUT2D eigenvalue weighted by Crippen LogP contribution is 2.27. The van der Waals surface area contributed by atoms with Crippen LogP contribution in [0.15, 0.2) is 53.1 Å². The average Bonchev–Trinajstić information content (AvgIpc) is 3.06. The number of aliphatic hydroxyl groups excluding tert-OH is 2. The predicted molar refractivity (Wildman–Crippen MR) is 95.3 cm³/mol. The number of aromatic nitrogens is 1. The minimum atomic E-state index is -0.382. The van der Waals surface area contributed by atoms with Gasteiger partial charge in [0.1, 0.15) is 6.61 Å². The molecule has 1 aromatic heterocycles. The quantitative estimate of drug-likeness (QED) is 0.722. The van der Waals surface area contributed by atoms with Crippen LogP contribution in [0, 0.1) is 0 Å². The van der Waals surface area contributed by atoms with Gasteiger partial charge in [-0.25, -0.2) is 0 Å². The summed E-state index contributed by atoms with van der Waals surface area (Å²) in [5, 5.41) is 25.9. The van der Waals surface area contributed by atoms with Gasteiger partial charge in [-0.05, 0) is 22.8 Å². The molecule has 2 aromatic carbocycles. The molecule has 3 aromatic rings. The molecule has 1 saturated heterocycles. The molecule has 0 bridgehead atoms. The molecule has 0 amide bonds. The van der Waals surface area contributed by atoms with Crippen LogP contribution in [0.25, 0.3) is 10.8 Å². The minimum Gasteiger partial charge on any atom is -0.391 e. The van der Waals surface area contributed by atoms with Gasteiger partial charge in [0.2, 0.25) is 0 Å². The van der Waals surface area contributed by atoms with E-state index in [1.165, 1.54) is 10.8 Å². The largest absolute Gasteiger partial charge is 0.391 e. The number of benzene rings is 2. The van der Waals surface area contributed by atoms with E-state index in [4.69, 9.17) is 9.63 Å². The van der Waals surface area contributed by atoms with Crippen molar-refractivity contribution in [1.82, 2.24) is 10.1 Å². The van der Waals surface area contributed by atoms with E-state index in [0.29, 0.717) is 24.6 Å². The third-order valence-corrected chi connectivity index (χ3v) is 4.86. The van der Waals surface area contributed by atoms with E-state index in [9.17, 15) is 5.11 Å². The summed E-state index contributed by atoms with van der Waals surface area (Å²) in [7, 11) is 0. The lowest BCUT2D eigenvalue weighted by Crippen LogP contribution is -2.48. The summed E-state index contributed by atoms with van der Waals surface area (Å²) < 4.78 is 5.03. The Morgan fingerprint density at radius 3 is 2.68 bits per heavy atom. The van der Waals surface area contributed by atoms with Gasteiger partial charge in [0.25, 0.3) is 0 Å². The van der Waals surface area contributed by atoms with Crippen molar-refractivity contribution in [2.45, 2.75) is 25.0 Å². The standard InChI is InChI=1S/C20H22N2O3/c23-13-19-9-20(21-25-19)17-10-22(11-17)12-18(24)8-14-5-6-15-3-1-2-4-16(15)7-14/h1-7,9,17-18,23-24H,8,10-13H2. The van der Waals surface area contributed by atoms with Crippen molar-refractivity contribution in [1.29, 1.82) is 0 Å². The predicted octanol–water partition coefficient (Wildman–Crippen LogP) is 2.32. The van der Waals surface area contributed by atoms with Crippen molar-refractivity contribution in [3.63, 3.8) is 0 Å². The van der Waals surface area contributed by atoms with E-state index < -0.39 is 0 Å². The molecule has 1 aliphatic rings. The zero-order valence-corrected chi connectivity index (χ0v) is 14.0. The van der Waals surface area contributed by atoms with Crippen molar-refractivity contribution < 1.29 is 14.7 Å². The first-order valence-corrected chi connectivity index (χ1v) is 8.65. The SMILES string of the molecule is OCc1cc(C2CN(CC(O)Cc3ccc4ccccc4c3)C2)no1. The van der Waals surface area contributed by atoms with E-state index in [0.717, 1.165) is 24.3 Å². The molecule has 5 heteroatoms. The molecule has 1 aliphatic heterocycles. The second-order valence-electron chi connectivity index (χ2n) is 6.83. The lowest BCUT2D eigenvalue weighted by molar-refractivity contribution is 0.0632. The third-order valence-electron chi connectivity index (χ3n) is 4.86. The van der Waals surface area contributed by atoms with Gasteiger partial charge in [-0.2, -0.15) is 0 Å². The Bertz CT molecular complexity index is 855. The van der Waals surface area contributed by atoms with E-state index in [2.05, 4.69) is 40.4 Å². The van der Waals surface area contributed by atoms with Gasteiger partial charge in [-0.1, -0.05) is 47.6 Å². The first-order valence-electron chi connectivity index (χ1n) is 8.65. The lowest BCUT2D eigenvalue weighted by atomic mass is 9.95. The molecular formula is C20H22N2O3. The van der Waals surface area contributed by atoms with Crippen LogP contribution in [0.2, 0.25) is 0 Å². The summed E-state index contributed by atoms with van der Waals surface area (Å²) in [5.74, 6) is 0.835. The second kappa shape index (κ2) is 6.96. The summed E-state index contributed by atoms with van der Waals surface area (Å²) in [5.41, 5.74) is 2.05. The van der Waals surface area contributed by atoms with Crippen LogP contribution >= 0.6 is 0 Å². The molecule has 25 heavy (non-hydrogen) atoms. The average molecular weight is 338 g/mol. The van der Waals surface area contributed by atoms with Crippen LogP contribution in [0.4, 0.5) is 0 Å². The zero-order valence-electron chi connectivity index (χ0n) is 14.0. The second-order valence-corrected chi connectivity index (χ2v) is 6.83. The highest BCUT2D eigenvalue weighted by molar-refractivity contribution is 5.82. The topological polar surface area (TPSA) is 69.7 Å². The number of hydrogen-bond donors (Lipinski definition) is 2. The van der Waals surface area contributed by atoms with Gasteiger partial charge < -0.3 is 14.7 Å². The molecule has 130 valence electrons. The molecule has 1 atom stereocenters. The molecular weight excluding hydrogens is 316 g/mol. The number of aliphatic hydroxyl groups is 2. The van der Waals surface area contributed by atoms with Crippen molar-refractivity contribution in [3.8, 4) is 0 Å². The number of nitrogens with zero attached hydrogens (tertiary/aromatic N) is 2. The molecule has 2 heterocycles. The number of β-amino-alcohol motifs (C(OH)–C–C–N with tert-alkyl or cyclic N) is 1. The Balaban J connectivity index is 1.30. The molecule has 0 spiro atoms. The third kappa shape index (κ3) is 3.58. The first kappa shape index (κ1) is 16.3. The van der Waals surface area contributed by atoms with Crippen LogP contribution in [-0.4, -0.2) is 46.0 Å². The van der Waals surface area contributed by atoms with Gasteiger partial charge in [0.15, 0.2) is 5.76 Å². The van der Waals surface area contributed by atoms with E-state index in [-0.39, 0.29) is 12.7 Å². The fraction of sp³-hybridized carbons (Fsp3) is 0.350. The highest BCUT2D eigenvalue weighted by Gasteiger charge is 2.31. The maximum atomic E-state index is 10.4. The Hall–Kier alpha value is -2.21. The summed E-state index contributed by atoms with van der Waals surface area (Å²) >= 11 is 0. The van der Waals surface area contributed by atoms with E-state index in [1.807, 2.05) is 18.2 Å². The number of likely N-dealkylation sites (tertiary alicyclic amines) is 1. The lowest BCUT2D eigenvalue weighted by Gasteiger charge is -2.39. The summed E-state index contributed by atoms with van der Waals surface area (Å²) in [6.07, 6.45) is 0.275. The number of hydrogen-bond acceptors (Lipinski definition) is 5. The molecule has 5 nitrogen and oxygen atoms in total. The smallest absolute Gasteiger partial charge is 0.162 e. The molecule has 0 saturated carbocycles. The van der Waals surface area contributed by atoms with Gasteiger partial charge in [0, 0.05) is 31.6 Å². The fourth-order valence-electron chi connectivity index (χ4n) is 3.50. The maximum absolute atomic E-state index is 10.4. The van der Waals surface area contributed by atoms with Gasteiger partial charge >= 0.3 is 0 Å². The van der Waals surface area contributed by atoms with Crippen LogP contribution in [0.5, 0.6) is 0 Å². The minimum absolute atomic E-state index is 0.117. The molecule has 2 N–H and O–H groups in total. The molecule has 1 fully saturated rings. The Labute approximate surface area is 146 Å². The molecule has 1 unspecified atom stereocenters. The summed E-state index contributed by atoms with van der Waals surface area (Å²) in [6.45, 7) is 2.28. The van der Waals surface area contributed by atoms with Gasteiger partial charge in [-0.3, -0.25) is 4.90 Å². The molecule has 0 aliphatic carbocycles. The zero-order chi connectivity index (χ0) is 17.2. The first-order chi connectivity index (χ1) is 12.2. The maximum Gasteiger partial charge on any atom is 0.162 e.